The van der Waals surface area contributed by atoms with Crippen molar-refractivity contribution in [2.24, 2.45) is 0 Å². The third-order valence-corrected chi connectivity index (χ3v) is 0. The summed E-state index contributed by atoms with van der Waals surface area (Å²) in [7, 11) is 0. The van der Waals surface area contributed by atoms with E-state index in [9.17, 15) is 0 Å². The average molecular weight is 812 g/mol. The van der Waals surface area contributed by atoms with Crippen molar-refractivity contribution in [3.8, 4) is 0 Å². The van der Waals surface area contributed by atoms with Gasteiger partial charge in [0.15, 0.2) is 0 Å². The van der Waals surface area contributed by atoms with Crippen molar-refractivity contribution in [2.45, 2.75) is 374 Å². The van der Waals surface area contributed by atoms with E-state index >= 15 is 0 Å². The monoisotopic (exact) mass is 811 g/mol. The Morgan fingerprint density at radius 2 is 0.0370 bits per heavy atom. The number of hydrogen-bond acceptors (Lipinski definition) is 0. The Kier molecular flexibility index (Phi) is 0. The number of hydrogen-bond donors (Lipinski definition) is 0. The van der Waals surface area contributed by atoms with Crippen LogP contribution in [0.15, 0.2) is 0 Å². The number of rotatable bonds is 0. The van der Waals surface area contributed by atoms with Crippen LogP contribution in [-0.2, 0) is 0 Å². The van der Waals surface area contributed by atoms with Crippen LogP contribution in [0.25, 0.3) is 0 Å². The second kappa shape index (κ2) is 0. The maximum absolute atomic E-state index is 2.00. The molecule has 0 aliphatic rings. The molecule has 0 nitrogen and oxygen atoms in total. The van der Waals surface area contributed by atoms with Gasteiger partial charge in [0.1, 0.15) is 0 Å². The first-order chi connectivity index (χ1) is 27.0. The molecule has 0 aliphatic heterocycles. The quantitative estimate of drug-likeness (QED) is 0.229. The maximum atomic E-state index is 2.00. The fourth-order valence-corrected chi connectivity index (χ4v) is 0. The minimum Gasteiger partial charge on any atom is -0.0683 e. The summed E-state index contributed by atoms with van der Waals surface area (Å²) in [6, 6.07) is 0. The lowest BCUT2D eigenvalue weighted by molar-refractivity contribution is 1.50. The van der Waals surface area contributed by atoms with Crippen molar-refractivity contribution in [3.05, 3.63) is 0 Å². The van der Waals surface area contributed by atoms with Crippen LogP contribution in [0.3, 0.4) is 0 Å². The summed E-state index contributed by atoms with van der Waals surface area (Å²) < 4.78 is 0. The summed E-state index contributed by atoms with van der Waals surface area (Å²) >= 11 is 0. The molecule has 0 radical (unpaired) electrons. The Morgan fingerprint density at radius 1 is 0.0370 bits per heavy atom. The van der Waals surface area contributed by atoms with E-state index in [0.29, 0.717) is 0 Å². The zero-order chi connectivity index (χ0) is 54.0. The molecule has 0 spiro atoms. The predicted molar refractivity (Wildman–Crippen MR) is 306 cm³/mol. The molecule has 0 aliphatic carbocycles. The Labute approximate surface area is 372 Å². The molecule has 0 heteroatoms. The highest BCUT2D eigenvalue weighted by atomic mass is 13.1. The zero-order valence-electron chi connectivity index (χ0n) is 54.0. The second-order valence-corrected chi connectivity index (χ2v) is 0. The topological polar surface area (TPSA) is 0 Å². The van der Waals surface area contributed by atoms with Gasteiger partial charge in [-0.05, 0) is 0 Å². The molecule has 0 aromatic heterocycles. The van der Waals surface area contributed by atoms with Gasteiger partial charge in [-0.25, -0.2) is 0 Å². The first-order valence-electron chi connectivity index (χ1n) is 27.0. The van der Waals surface area contributed by atoms with Crippen LogP contribution in [0.5, 0.6) is 0 Å². The first kappa shape index (κ1) is 208. The van der Waals surface area contributed by atoms with Gasteiger partial charge < -0.3 is 0 Å². The normalized spacial score (nSPS) is 3.00. The van der Waals surface area contributed by atoms with Crippen molar-refractivity contribution in [1.82, 2.24) is 0 Å². The van der Waals surface area contributed by atoms with Gasteiger partial charge >= 0.3 is 0 Å². The molecule has 0 aromatic carbocycles. The molecule has 378 valence electrons. The molecule has 0 unspecified atom stereocenters. The van der Waals surface area contributed by atoms with Crippen LogP contribution in [0.2, 0.25) is 0 Å². The molecule has 54 heavy (non-hydrogen) atoms. The minimum atomic E-state index is 2.00. The fourth-order valence-electron chi connectivity index (χ4n) is 0. The largest absolute Gasteiger partial charge is 0.0683 e. The van der Waals surface area contributed by atoms with E-state index in [0.717, 1.165) is 0 Å². The van der Waals surface area contributed by atoms with E-state index in [1.165, 1.54) is 0 Å². The van der Waals surface area contributed by atoms with Gasteiger partial charge in [0.05, 0.1) is 0 Å². The second-order valence-electron chi connectivity index (χ2n) is 0. The highest BCUT2D eigenvalue weighted by molar-refractivity contribution is 3.56. The first-order valence-corrected chi connectivity index (χ1v) is 27.0. The summed E-state index contributed by atoms with van der Waals surface area (Å²) in [4.78, 5) is 0. The Bertz CT molecular complexity index is 0. The molecule has 0 N–H and O–H groups in total. The van der Waals surface area contributed by atoms with Crippen LogP contribution < -0.4 is 0 Å². The summed E-state index contributed by atoms with van der Waals surface area (Å²) in [5.74, 6) is 0. The molecule has 0 saturated heterocycles. The summed E-state index contributed by atoms with van der Waals surface area (Å²) in [6.07, 6.45) is 0. The van der Waals surface area contributed by atoms with Crippen molar-refractivity contribution in [2.75, 3.05) is 0 Å². The summed E-state index contributed by atoms with van der Waals surface area (Å²) in [6.45, 7) is 108. The Hall–Kier alpha value is 0. The van der Waals surface area contributed by atoms with E-state index in [1.54, 1.807) is 0 Å². The van der Waals surface area contributed by atoms with E-state index in [4.69, 9.17) is 0 Å². The van der Waals surface area contributed by atoms with Crippen molar-refractivity contribution in [3.63, 3.8) is 0 Å². The maximum Gasteiger partial charge on any atom is -0.0683 e. The molecule has 0 fully saturated rings. The zero-order valence-corrected chi connectivity index (χ0v) is 54.0. The highest BCUT2D eigenvalue weighted by Crippen LogP contribution is 1.20. The standard InChI is InChI=1S/27C2H6/c27*1-2/h27*1-2H3. The molecular formula is C54H162. The van der Waals surface area contributed by atoms with E-state index in [-0.39, 0.29) is 0 Å². The third-order valence-electron chi connectivity index (χ3n) is 0. The summed E-state index contributed by atoms with van der Waals surface area (Å²) in [5.41, 5.74) is 0. The van der Waals surface area contributed by atoms with Gasteiger partial charge in [-0.3, -0.25) is 0 Å². The van der Waals surface area contributed by atoms with Gasteiger partial charge in [0.25, 0.3) is 0 Å². The molecule has 0 atom stereocenters. The van der Waals surface area contributed by atoms with Crippen LogP contribution in [0, 0.1) is 0 Å². The fraction of sp³-hybridized carbons (Fsp3) is 1.00. The highest BCUT2D eigenvalue weighted by Gasteiger charge is 0.984. The van der Waals surface area contributed by atoms with E-state index in [1.807, 2.05) is 374 Å². The summed E-state index contributed by atoms with van der Waals surface area (Å²) in [5, 5.41) is 0. The Morgan fingerprint density at radius 3 is 0.0370 bits per heavy atom. The third kappa shape index (κ3) is 0. The van der Waals surface area contributed by atoms with Gasteiger partial charge in [-0.15, -0.1) is 0 Å². The van der Waals surface area contributed by atoms with Crippen LogP contribution in [0.4, 0.5) is 0 Å². The SMILES string of the molecule is CC.CC.CC.CC.CC.CC.CC.CC.CC.CC.CC.CC.CC.CC.CC.CC.CC.CC.CC.CC.CC.CC.CC.CC.CC.CC.CC. The molecule has 0 amide bonds. The predicted octanol–water partition coefficient (Wildman–Crippen LogP) is 27.7. The van der Waals surface area contributed by atoms with E-state index in [2.05, 4.69) is 0 Å². The molecule has 0 aromatic rings. The van der Waals surface area contributed by atoms with E-state index < -0.39 is 0 Å². The molecule has 0 rings (SSSR count). The molecular weight excluding hydrogens is 649 g/mol. The van der Waals surface area contributed by atoms with Crippen LogP contribution >= 0.6 is 0 Å². The average Bonchev–Trinajstić information content (AvgIpc) is 3.42. The smallest absolute Gasteiger partial charge is 0.0683 e. The lowest BCUT2D eigenvalue weighted by atomic mass is 11.0. The molecule has 0 bridgehead atoms. The lowest BCUT2D eigenvalue weighted by Crippen LogP contribution is -0.856. The lowest BCUT2D eigenvalue weighted by Gasteiger charge is -1.07. The van der Waals surface area contributed by atoms with Crippen LogP contribution in [-0.4, -0.2) is 0 Å². The molecule has 0 heterocycles. The van der Waals surface area contributed by atoms with Crippen molar-refractivity contribution in [1.29, 1.82) is 0 Å². The molecule has 0 saturated carbocycles. The minimum absolute atomic E-state index is 2.00. The van der Waals surface area contributed by atoms with Gasteiger partial charge in [0, 0.05) is 0 Å². The van der Waals surface area contributed by atoms with Gasteiger partial charge in [-0.1, -0.05) is 374 Å². The van der Waals surface area contributed by atoms with Gasteiger partial charge in [0.2, 0.25) is 0 Å². The van der Waals surface area contributed by atoms with Crippen LogP contribution in [0.1, 0.15) is 374 Å². The van der Waals surface area contributed by atoms with Gasteiger partial charge in [-0.2, -0.15) is 0 Å². The van der Waals surface area contributed by atoms with Crippen molar-refractivity contribution >= 4 is 0 Å². The van der Waals surface area contributed by atoms with Crippen molar-refractivity contribution < 1.29 is 0 Å². The Balaban J connectivity index is -0.00000000561.